The highest BCUT2D eigenvalue weighted by atomic mass is 32.2. The summed E-state index contributed by atoms with van der Waals surface area (Å²) in [5, 5.41) is 0. The number of hydrogen-bond acceptors (Lipinski definition) is 3. The second kappa shape index (κ2) is 8.29. The zero-order valence-electron chi connectivity index (χ0n) is 15.1. The van der Waals surface area contributed by atoms with Crippen molar-refractivity contribution in [1.29, 1.82) is 0 Å². The third-order valence-corrected chi connectivity index (χ3v) is 6.64. The lowest BCUT2D eigenvalue weighted by Gasteiger charge is -2.34. The van der Waals surface area contributed by atoms with E-state index in [2.05, 4.69) is 4.90 Å². The highest BCUT2D eigenvalue weighted by Gasteiger charge is 2.26. The summed E-state index contributed by atoms with van der Waals surface area (Å²) in [6.07, 6.45) is 0.844. The first-order chi connectivity index (χ1) is 12.4. The molecule has 2 aromatic rings. The molecule has 0 amide bonds. The van der Waals surface area contributed by atoms with Crippen molar-refractivity contribution in [3.63, 3.8) is 0 Å². The quantitative estimate of drug-likeness (QED) is 0.778. The molecule has 3 rings (SSSR count). The maximum Gasteiger partial charge on any atom is 0.218 e. The molecular formula is C20H25FN2O2S. The molecule has 2 aromatic carbocycles. The third-order valence-electron chi connectivity index (χ3n) is 4.79. The van der Waals surface area contributed by atoms with Crippen molar-refractivity contribution in [3.05, 3.63) is 71.0 Å². The van der Waals surface area contributed by atoms with E-state index in [9.17, 15) is 12.8 Å². The van der Waals surface area contributed by atoms with E-state index in [-0.39, 0.29) is 11.6 Å². The maximum absolute atomic E-state index is 12.9. The van der Waals surface area contributed by atoms with E-state index >= 15 is 0 Å². The Hall–Kier alpha value is -1.76. The number of piperazine rings is 1. The fourth-order valence-corrected chi connectivity index (χ4v) is 4.78. The van der Waals surface area contributed by atoms with Crippen LogP contribution in [-0.4, -0.2) is 50.3 Å². The minimum absolute atomic E-state index is 0.0598. The van der Waals surface area contributed by atoms with Gasteiger partial charge in [0.05, 0.1) is 5.75 Å². The summed E-state index contributed by atoms with van der Waals surface area (Å²) in [6.45, 7) is 5.34. The fourth-order valence-electron chi connectivity index (χ4n) is 3.27. The normalized spacial score (nSPS) is 16.7. The summed E-state index contributed by atoms with van der Waals surface area (Å²) >= 11 is 0. The van der Waals surface area contributed by atoms with Crippen LogP contribution in [0.5, 0.6) is 0 Å². The van der Waals surface area contributed by atoms with Gasteiger partial charge in [-0.25, -0.2) is 12.8 Å². The van der Waals surface area contributed by atoms with Gasteiger partial charge in [-0.3, -0.25) is 0 Å². The molecule has 0 N–H and O–H groups in total. The summed E-state index contributed by atoms with van der Waals surface area (Å²) in [5.74, 6) is -0.161. The zero-order valence-corrected chi connectivity index (χ0v) is 15.9. The Labute approximate surface area is 155 Å². The minimum Gasteiger partial charge on any atom is -0.300 e. The van der Waals surface area contributed by atoms with Gasteiger partial charge in [0, 0.05) is 32.7 Å². The highest BCUT2D eigenvalue weighted by Crippen LogP contribution is 2.15. The van der Waals surface area contributed by atoms with Crippen LogP contribution in [-0.2, 0) is 22.2 Å². The number of halogens is 1. The summed E-state index contributed by atoms with van der Waals surface area (Å²) in [7, 11) is -3.28. The minimum atomic E-state index is -3.28. The number of benzene rings is 2. The largest absolute Gasteiger partial charge is 0.300 e. The van der Waals surface area contributed by atoms with Crippen LogP contribution in [0.3, 0.4) is 0 Å². The smallest absolute Gasteiger partial charge is 0.218 e. The molecule has 0 aromatic heterocycles. The predicted molar refractivity (Wildman–Crippen MR) is 102 cm³/mol. The monoisotopic (exact) mass is 376 g/mol. The number of nitrogens with zero attached hydrogens (tertiary/aromatic N) is 2. The summed E-state index contributed by atoms with van der Waals surface area (Å²) in [5.41, 5.74) is 3.01. The zero-order chi connectivity index (χ0) is 18.6. The van der Waals surface area contributed by atoms with Crippen molar-refractivity contribution >= 4 is 10.0 Å². The molecule has 0 unspecified atom stereocenters. The number of rotatable bonds is 6. The molecule has 1 saturated heterocycles. The average Bonchev–Trinajstić information content (AvgIpc) is 2.61. The standard InChI is InChI=1S/C20H25FN2O2S/c1-17-3-2-4-19(15-17)16-26(24,25)23-13-11-22(12-14-23)10-9-18-5-7-20(21)8-6-18/h2-8,15H,9-14,16H2,1H3. The Balaban J connectivity index is 1.50. The number of aryl methyl sites for hydroxylation is 1. The molecule has 0 saturated carbocycles. The lowest BCUT2D eigenvalue weighted by atomic mass is 10.1. The van der Waals surface area contributed by atoms with Crippen molar-refractivity contribution in [2.24, 2.45) is 0 Å². The molecule has 1 heterocycles. The molecule has 0 aliphatic carbocycles. The highest BCUT2D eigenvalue weighted by molar-refractivity contribution is 7.88. The Morgan fingerprint density at radius 2 is 1.65 bits per heavy atom. The maximum atomic E-state index is 12.9. The van der Waals surface area contributed by atoms with Crippen molar-refractivity contribution in [2.75, 3.05) is 32.7 Å². The van der Waals surface area contributed by atoms with E-state index in [0.29, 0.717) is 13.1 Å². The Morgan fingerprint density at radius 3 is 2.31 bits per heavy atom. The Morgan fingerprint density at radius 1 is 0.962 bits per heavy atom. The molecule has 0 atom stereocenters. The van der Waals surface area contributed by atoms with Gasteiger partial charge < -0.3 is 4.90 Å². The van der Waals surface area contributed by atoms with Gasteiger partial charge in [0.25, 0.3) is 0 Å². The first kappa shape index (κ1) is 19.0. The van der Waals surface area contributed by atoms with Crippen LogP contribution in [0, 0.1) is 12.7 Å². The van der Waals surface area contributed by atoms with E-state index in [1.165, 1.54) is 12.1 Å². The van der Waals surface area contributed by atoms with E-state index in [4.69, 9.17) is 0 Å². The van der Waals surface area contributed by atoms with Gasteiger partial charge in [-0.1, -0.05) is 42.0 Å². The van der Waals surface area contributed by atoms with Crippen LogP contribution in [0.4, 0.5) is 4.39 Å². The molecule has 0 spiro atoms. The summed E-state index contributed by atoms with van der Waals surface area (Å²) < 4.78 is 39.9. The van der Waals surface area contributed by atoms with Crippen molar-refractivity contribution in [3.8, 4) is 0 Å². The number of sulfonamides is 1. The molecule has 6 heteroatoms. The van der Waals surface area contributed by atoms with E-state index < -0.39 is 10.0 Å². The summed E-state index contributed by atoms with van der Waals surface area (Å²) in [4.78, 5) is 2.27. The van der Waals surface area contributed by atoms with Crippen LogP contribution < -0.4 is 0 Å². The first-order valence-corrected chi connectivity index (χ1v) is 10.5. The SMILES string of the molecule is Cc1cccc(CS(=O)(=O)N2CCN(CCc3ccc(F)cc3)CC2)c1. The van der Waals surface area contributed by atoms with Crippen LogP contribution in [0.2, 0.25) is 0 Å². The lowest BCUT2D eigenvalue weighted by Crippen LogP contribution is -2.49. The number of hydrogen-bond donors (Lipinski definition) is 0. The average molecular weight is 376 g/mol. The third kappa shape index (κ3) is 5.13. The second-order valence-corrected chi connectivity index (χ2v) is 8.83. The lowest BCUT2D eigenvalue weighted by molar-refractivity contribution is 0.190. The van der Waals surface area contributed by atoms with Crippen LogP contribution in [0.15, 0.2) is 48.5 Å². The molecule has 1 aliphatic rings. The molecule has 140 valence electrons. The fraction of sp³-hybridized carbons (Fsp3) is 0.400. The van der Waals surface area contributed by atoms with E-state index in [0.717, 1.165) is 42.7 Å². The molecule has 1 fully saturated rings. The first-order valence-electron chi connectivity index (χ1n) is 8.92. The van der Waals surface area contributed by atoms with Gasteiger partial charge in [-0.05, 0) is 36.6 Å². The topological polar surface area (TPSA) is 40.6 Å². The van der Waals surface area contributed by atoms with E-state index in [1.807, 2.05) is 31.2 Å². The van der Waals surface area contributed by atoms with Crippen molar-refractivity contribution in [1.82, 2.24) is 9.21 Å². The van der Waals surface area contributed by atoms with Gasteiger partial charge in [-0.2, -0.15) is 4.31 Å². The van der Waals surface area contributed by atoms with Crippen molar-refractivity contribution < 1.29 is 12.8 Å². The van der Waals surface area contributed by atoms with Gasteiger partial charge in [-0.15, -0.1) is 0 Å². The van der Waals surface area contributed by atoms with Gasteiger partial charge in [0.2, 0.25) is 10.0 Å². The van der Waals surface area contributed by atoms with Gasteiger partial charge in [0.15, 0.2) is 0 Å². The van der Waals surface area contributed by atoms with Gasteiger partial charge >= 0.3 is 0 Å². The molecule has 4 nitrogen and oxygen atoms in total. The molecule has 26 heavy (non-hydrogen) atoms. The molecule has 0 bridgehead atoms. The predicted octanol–water partition coefficient (Wildman–Crippen LogP) is 2.82. The van der Waals surface area contributed by atoms with Crippen LogP contribution >= 0.6 is 0 Å². The Bertz CT molecular complexity index is 829. The second-order valence-electron chi connectivity index (χ2n) is 6.86. The molecular weight excluding hydrogens is 351 g/mol. The van der Waals surface area contributed by atoms with Crippen molar-refractivity contribution in [2.45, 2.75) is 19.1 Å². The van der Waals surface area contributed by atoms with Crippen LogP contribution in [0.25, 0.3) is 0 Å². The molecule has 0 radical (unpaired) electrons. The van der Waals surface area contributed by atoms with Crippen LogP contribution in [0.1, 0.15) is 16.7 Å². The van der Waals surface area contributed by atoms with E-state index in [1.54, 1.807) is 16.4 Å². The Kier molecular flexibility index (Phi) is 6.06. The van der Waals surface area contributed by atoms with Gasteiger partial charge in [0.1, 0.15) is 5.82 Å². The summed E-state index contributed by atoms with van der Waals surface area (Å²) in [6, 6.07) is 14.2. The molecule has 1 aliphatic heterocycles.